The van der Waals surface area contributed by atoms with Crippen LogP contribution < -0.4 is 16.2 Å². The molecule has 2 aromatic carbocycles. The van der Waals surface area contributed by atoms with Crippen molar-refractivity contribution in [3.05, 3.63) is 76.3 Å². The van der Waals surface area contributed by atoms with Crippen LogP contribution >= 0.6 is 0 Å². The van der Waals surface area contributed by atoms with Gasteiger partial charge < -0.3 is 15.5 Å². The van der Waals surface area contributed by atoms with Crippen LogP contribution in [0.3, 0.4) is 0 Å². The molecule has 0 aliphatic carbocycles. The fourth-order valence-corrected chi connectivity index (χ4v) is 3.17. The SMILES string of the molecule is COc1ccc(CCn2c(=O)[nH]c3c(C(N)=O)nc(-c4ccccc4)nc32)cc1. The van der Waals surface area contributed by atoms with Crippen molar-refractivity contribution < 1.29 is 9.53 Å². The molecule has 0 bridgehead atoms. The predicted octanol–water partition coefficient (Wildman–Crippen LogP) is 2.14. The molecule has 1 amide bonds. The number of nitrogens with zero attached hydrogens (tertiary/aromatic N) is 3. The van der Waals surface area contributed by atoms with Gasteiger partial charge in [0.2, 0.25) is 0 Å². The van der Waals surface area contributed by atoms with Gasteiger partial charge in [0, 0.05) is 12.1 Å². The highest BCUT2D eigenvalue weighted by atomic mass is 16.5. The summed E-state index contributed by atoms with van der Waals surface area (Å²) in [5.74, 6) is 0.381. The number of ether oxygens (including phenoxy) is 1. The van der Waals surface area contributed by atoms with Gasteiger partial charge >= 0.3 is 5.69 Å². The highest BCUT2D eigenvalue weighted by Crippen LogP contribution is 2.20. The molecule has 0 spiro atoms. The summed E-state index contributed by atoms with van der Waals surface area (Å²) < 4.78 is 6.67. The first kappa shape index (κ1) is 18.4. The van der Waals surface area contributed by atoms with Crippen molar-refractivity contribution in [3.8, 4) is 17.1 Å². The Morgan fingerprint density at radius 2 is 1.83 bits per heavy atom. The van der Waals surface area contributed by atoms with E-state index in [9.17, 15) is 9.59 Å². The fourth-order valence-electron chi connectivity index (χ4n) is 3.17. The molecular weight excluding hydrogens is 370 g/mol. The largest absolute Gasteiger partial charge is 0.497 e. The molecule has 8 heteroatoms. The molecule has 0 aliphatic heterocycles. The van der Waals surface area contributed by atoms with Crippen LogP contribution in [0.25, 0.3) is 22.6 Å². The van der Waals surface area contributed by atoms with Crippen molar-refractivity contribution in [2.24, 2.45) is 5.73 Å². The number of nitrogens with one attached hydrogen (secondary N) is 1. The number of nitrogens with two attached hydrogens (primary N) is 1. The van der Waals surface area contributed by atoms with E-state index in [0.717, 1.165) is 16.9 Å². The Kier molecular flexibility index (Phi) is 4.82. The summed E-state index contributed by atoms with van der Waals surface area (Å²) in [5, 5.41) is 0. The van der Waals surface area contributed by atoms with Gasteiger partial charge in [-0.1, -0.05) is 42.5 Å². The van der Waals surface area contributed by atoms with Crippen molar-refractivity contribution in [2.75, 3.05) is 7.11 Å². The molecule has 0 radical (unpaired) electrons. The van der Waals surface area contributed by atoms with E-state index in [2.05, 4.69) is 15.0 Å². The maximum Gasteiger partial charge on any atom is 0.327 e. The van der Waals surface area contributed by atoms with Crippen LogP contribution in [0.1, 0.15) is 16.1 Å². The fraction of sp³-hybridized carbons (Fsp3) is 0.143. The molecule has 3 N–H and O–H groups in total. The number of amides is 1. The lowest BCUT2D eigenvalue weighted by molar-refractivity contribution is 0.0997. The topological polar surface area (TPSA) is 116 Å². The van der Waals surface area contributed by atoms with Crippen molar-refractivity contribution in [1.82, 2.24) is 19.5 Å². The summed E-state index contributed by atoms with van der Waals surface area (Å²) in [5.41, 5.74) is 7.51. The van der Waals surface area contributed by atoms with E-state index in [0.29, 0.717) is 24.4 Å². The minimum Gasteiger partial charge on any atom is -0.497 e. The maximum atomic E-state index is 12.6. The van der Waals surface area contributed by atoms with Crippen LogP contribution in [0.5, 0.6) is 5.75 Å². The van der Waals surface area contributed by atoms with Gasteiger partial charge in [-0.25, -0.2) is 14.8 Å². The third-order valence-corrected chi connectivity index (χ3v) is 4.67. The number of primary amides is 1. The molecule has 2 aromatic heterocycles. The average molecular weight is 389 g/mol. The van der Waals surface area contributed by atoms with Gasteiger partial charge in [0.25, 0.3) is 5.91 Å². The second-order valence-electron chi connectivity index (χ2n) is 6.50. The van der Waals surface area contributed by atoms with E-state index in [4.69, 9.17) is 10.5 Å². The summed E-state index contributed by atoms with van der Waals surface area (Å²) in [6.07, 6.45) is 0.605. The molecule has 8 nitrogen and oxygen atoms in total. The normalized spacial score (nSPS) is 10.9. The van der Waals surface area contributed by atoms with Gasteiger partial charge in [0.1, 0.15) is 11.3 Å². The van der Waals surface area contributed by atoms with E-state index in [1.165, 1.54) is 4.57 Å². The maximum absolute atomic E-state index is 12.6. The minimum atomic E-state index is -0.724. The zero-order valence-corrected chi connectivity index (χ0v) is 15.8. The highest BCUT2D eigenvalue weighted by Gasteiger charge is 2.19. The molecule has 4 rings (SSSR count). The summed E-state index contributed by atoms with van der Waals surface area (Å²) in [4.78, 5) is 36.0. The molecule has 0 unspecified atom stereocenters. The molecule has 0 fully saturated rings. The van der Waals surface area contributed by atoms with Crippen LogP contribution in [-0.4, -0.2) is 32.5 Å². The number of carbonyl (C=O) groups excluding carboxylic acids is 1. The number of rotatable bonds is 6. The van der Waals surface area contributed by atoms with Gasteiger partial charge in [0.05, 0.1) is 7.11 Å². The van der Waals surface area contributed by atoms with Crippen LogP contribution in [0.2, 0.25) is 0 Å². The van der Waals surface area contributed by atoms with Crippen LogP contribution in [-0.2, 0) is 13.0 Å². The summed E-state index contributed by atoms with van der Waals surface area (Å²) in [7, 11) is 1.61. The Bertz CT molecular complexity index is 1230. The Labute approximate surface area is 166 Å². The molecule has 0 atom stereocenters. The van der Waals surface area contributed by atoms with E-state index < -0.39 is 5.91 Å². The number of fused-ring (bicyclic) bond motifs is 1. The van der Waals surface area contributed by atoms with Gasteiger partial charge in [-0.3, -0.25) is 9.36 Å². The van der Waals surface area contributed by atoms with Crippen LogP contribution in [0.15, 0.2) is 59.4 Å². The smallest absolute Gasteiger partial charge is 0.327 e. The predicted molar refractivity (Wildman–Crippen MR) is 109 cm³/mol. The Morgan fingerprint density at radius 1 is 1.10 bits per heavy atom. The summed E-state index contributed by atoms with van der Waals surface area (Å²) in [6, 6.07) is 16.9. The standard InChI is InChI=1S/C21H19N5O3/c1-29-15-9-7-13(8-10-15)11-12-26-20-17(24-21(26)28)16(18(22)27)23-19(25-20)14-5-3-2-4-6-14/h2-10H,11-12H2,1H3,(H2,22,27)(H,24,28). The minimum absolute atomic E-state index is 0.00542. The third-order valence-electron chi connectivity index (χ3n) is 4.67. The molecule has 4 aromatic rings. The number of imidazole rings is 1. The van der Waals surface area contributed by atoms with Gasteiger partial charge in [0.15, 0.2) is 17.2 Å². The quantitative estimate of drug-likeness (QED) is 0.524. The first-order valence-electron chi connectivity index (χ1n) is 9.05. The van der Waals surface area contributed by atoms with Crippen LogP contribution in [0.4, 0.5) is 0 Å². The Balaban J connectivity index is 1.77. The van der Waals surface area contributed by atoms with Crippen molar-refractivity contribution in [2.45, 2.75) is 13.0 Å². The van der Waals surface area contributed by atoms with E-state index in [1.807, 2.05) is 54.6 Å². The zero-order chi connectivity index (χ0) is 20.4. The molecule has 146 valence electrons. The second kappa shape index (κ2) is 7.59. The lowest BCUT2D eigenvalue weighted by atomic mass is 10.1. The number of aromatic nitrogens is 4. The first-order chi connectivity index (χ1) is 14.1. The van der Waals surface area contributed by atoms with Crippen molar-refractivity contribution >= 4 is 17.1 Å². The second-order valence-corrected chi connectivity index (χ2v) is 6.50. The lowest BCUT2D eigenvalue weighted by Gasteiger charge is -2.07. The zero-order valence-electron chi connectivity index (χ0n) is 15.8. The van der Waals surface area contributed by atoms with Gasteiger partial charge in [-0.2, -0.15) is 0 Å². The molecule has 0 saturated carbocycles. The number of benzene rings is 2. The lowest BCUT2D eigenvalue weighted by Crippen LogP contribution is -2.18. The van der Waals surface area contributed by atoms with Gasteiger partial charge in [-0.15, -0.1) is 0 Å². The third kappa shape index (κ3) is 3.60. The van der Waals surface area contributed by atoms with Crippen molar-refractivity contribution in [3.63, 3.8) is 0 Å². The highest BCUT2D eigenvalue weighted by molar-refractivity contribution is 6.01. The first-order valence-corrected chi connectivity index (χ1v) is 9.05. The molecular formula is C21H19N5O3. The summed E-state index contributed by atoms with van der Waals surface area (Å²) >= 11 is 0. The Hall–Kier alpha value is -3.94. The van der Waals surface area contributed by atoms with Gasteiger partial charge in [-0.05, 0) is 24.1 Å². The monoisotopic (exact) mass is 389 g/mol. The number of carbonyl (C=O) groups is 1. The number of aryl methyl sites for hydroxylation is 2. The van der Waals surface area contributed by atoms with E-state index in [-0.39, 0.29) is 16.9 Å². The van der Waals surface area contributed by atoms with E-state index >= 15 is 0 Å². The molecule has 0 aliphatic rings. The number of H-pyrrole nitrogens is 1. The number of aromatic amines is 1. The molecule has 2 heterocycles. The average Bonchev–Trinajstić information content (AvgIpc) is 3.07. The Morgan fingerprint density at radius 3 is 2.48 bits per heavy atom. The van der Waals surface area contributed by atoms with E-state index in [1.54, 1.807) is 7.11 Å². The number of hydrogen-bond acceptors (Lipinski definition) is 5. The number of methoxy groups -OCH3 is 1. The van der Waals surface area contributed by atoms with Crippen molar-refractivity contribution in [1.29, 1.82) is 0 Å². The molecule has 29 heavy (non-hydrogen) atoms. The van der Waals surface area contributed by atoms with Crippen LogP contribution in [0, 0.1) is 0 Å². The summed E-state index contributed by atoms with van der Waals surface area (Å²) in [6.45, 7) is 0.384. The number of hydrogen-bond donors (Lipinski definition) is 2. The molecule has 0 saturated heterocycles.